The van der Waals surface area contributed by atoms with Crippen LogP contribution in [0.2, 0.25) is 0 Å². The Kier molecular flexibility index (Phi) is 8.91. The topological polar surface area (TPSA) is 91.4 Å². The number of nitrogens with zero attached hydrogens (tertiary/aromatic N) is 2. The molecule has 0 bridgehead atoms. The van der Waals surface area contributed by atoms with Crippen LogP contribution in [0.3, 0.4) is 0 Å². The summed E-state index contributed by atoms with van der Waals surface area (Å²) in [6, 6.07) is 4.97. The van der Waals surface area contributed by atoms with E-state index in [2.05, 4.69) is 22.5 Å². The molecule has 30 heavy (non-hydrogen) atoms. The number of amides is 3. The van der Waals surface area contributed by atoms with Gasteiger partial charge in [-0.3, -0.25) is 14.4 Å². The van der Waals surface area contributed by atoms with Crippen LogP contribution in [0.5, 0.6) is 0 Å². The number of thiazole rings is 1. The minimum Gasteiger partial charge on any atom is -0.356 e. The first-order valence-corrected chi connectivity index (χ1v) is 10.8. The van der Waals surface area contributed by atoms with Crippen molar-refractivity contribution < 1.29 is 18.8 Å². The van der Waals surface area contributed by atoms with Gasteiger partial charge in [-0.25, -0.2) is 9.37 Å². The molecule has 3 amide bonds. The van der Waals surface area contributed by atoms with Gasteiger partial charge in [0, 0.05) is 23.5 Å². The summed E-state index contributed by atoms with van der Waals surface area (Å²) in [5.74, 6) is -1.29. The molecule has 1 aromatic heterocycles. The molecule has 1 heterocycles. The predicted octanol–water partition coefficient (Wildman–Crippen LogP) is 3.23. The second kappa shape index (κ2) is 11.4. The van der Waals surface area contributed by atoms with Gasteiger partial charge < -0.3 is 15.5 Å². The highest BCUT2D eigenvalue weighted by Crippen LogP contribution is 2.16. The highest BCUT2D eigenvalue weighted by Gasteiger charge is 2.22. The molecule has 7 nitrogen and oxygen atoms in total. The number of rotatable bonds is 10. The van der Waals surface area contributed by atoms with Gasteiger partial charge in [-0.1, -0.05) is 13.3 Å². The van der Waals surface area contributed by atoms with Crippen LogP contribution < -0.4 is 10.6 Å². The van der Waals surface area contributed by atoms with Crippen LogP contribution in [-0.2, 0) is 16.0 Å². The van der Waals surface area contributed by atoms with Crippen LogP contribution in [0.1, 0.15) is 49.7 Å². The second-order valence-corrected chi connectivity index (χ2v) is 7.96. The Morgan fingerprint density at radius 3 is 2.50 bits per heavy atom. The zero-order valence-corrected chi connectivity index (χ0v) is 18.2. The number of halogens is 1. The summed E-state index contributed by atoms with van der Waals surface area (Å²) in [5, 5.41) is 7.59. The zero-order valence-electron chi connectivity index (χ0n) is 17.4. The van der Waals surface area contributed by atoms with Crippen molar-refractivity contribution in [2.75, 3.05) is 18.4 Å². The second-order valence-electron chi connectivity index (χ2n) is 7.11. The van der Waals surface area contributed by atoms with Gasteiger partial charge in [0.15, 0.2) is 5.13 Å². The first kappa shape index (κ1) is 23.5. The fourth-order valence-corrected chi connectivity index (χ4v) is 3.36. The molecule has 0 aliphatic heterocycles. The van der Waals surface area contributed by atoms with Crippen molar-refractivity contribution in [2.24, 2.45) is 0 Å². The number of aromatic nitrogens is 1. The summed E-state index contributed by atoms with van der Waals surface area (Å²) in [6.45, 7) is 6.12. The summed E-state index contributed by atoms with van der Waals surface area (Å²) >= 11 is 1.22. The number of hydrogen-bond acceptors (Lipinski definition) is 5. The van der Waals surface area contributed by atoms with Crippen molar-refractivity contribution in [2.45, 2.75) is 46.1 Å². The van der Waals surface area contributed by atoms with Crippen molar-refractivity contribution in [3.63, 3.8) is 0 Å². The number of hydrogen-bond donors (Lipinski definition) is 2. The number of unbranched alkanes of at least 4 members (excludes halogenated alkanes) is 1. The molecule has 0 spiro atoms. The van der Waals surface area contributed by atoms with Gasteiger partial charge >= 0.3 is 0 Å². The van der Waals surface area contributed by atoms with Crippen LogP contribution in [-0.4, -0.2) is 46.7 Å². The third kappa shape index (κ3) is 7.22. The third-order valence-corrected chi connectivity index (χ3v) is 5.09. The molecule has 0 saturated carbocycles. The molecule has 1 aromatic carbocycles. The monoisotopic (exact) mass is 434 g/mol. The Morgan fingerprint density at radius 2 is 1.87 bits per heavy atom. The van der Waals surface area contributed by atoms with Crippen molar-refractivity contribution in [1.29, 1.82) is 0 Å². The molecule has 2 N–H and O–H groups in total. The normalized spacial score (nSPS) is 10.7. The Balaban J connectivity index is 1.93. The van der Waals surface area contributed by atoms with Gasteiger partial charge in [-0.2, -0.15) is 0 Å². The summed E-state index contributed by atoms with van der Waals surface area (Å²) in [6.07, 6.45) is 2.08. The van der Waals surface area contributed by atoms with E-state index in [0.29, 0.717) is 22.9 Å². The molecule has 0 aliphatic carbocycles. The van der Waals surface area contributed by atoms with Crippen LogP contribution in [0.4, 0.5) is 9.52 Å². The lowest BCUT2D eigenvalue weighted by molar-refractivity contribution is -0.120. The van der Waals surface area contributed by atoms with Crippen molar-refractivity contribution in [1.82, 2.24) is 15.2 Å². The number of carbonyl (C=O) groups excluding carboxylic acids is 3. The summed E-state index contributed by atoms with van der Waals surface area (Å²) in [7, 11) is 0. The fourth-order valence-electron chi connectivity index (χ4n) is 2.64. The number of benzene rings is 1. The van der Waals surface area contributed by atoms with E-state index in [9.17, 15) is 18.8 Å². The van der Waals surface area contributed by atoms with Crippen LogP contribution in [0.15, 0.2) is 29.6 Å². The van der Waals surface area contributed by atoms with E-state index in [4.69, 9.17) is 0 Å². The van der Waals surface area contributed by atoms with Gasteiger partial charge in [0.05, 0.1) is 12.1 Å². The lowest BCUT2D eigenvalue weighted by atomic mass is 10.1. The summed E-state index contributed by atoms with van der Waals surface area (Å²) in [5.41, 5.74) is 0.885. The highest BCUT2D eigenvalue weighted by molar-refractivity contribution is 7.13. The van der Waals surface area contributed by atoms with Crippen molar-refractivity contribution >= 4 is 34.2 Å². The van der Waals surface area contributed by atoms with Gasteiger partial charge in [-0.15, -0.1) is 11.3 Å². The summed E-state index contributed by atoms with van der Waals surface area (Å²) < 4.78 is 13.1. The van der Waals surface area contributed by atoms with Gasteiger partial charge in [0.25, 0.3) is 5.91 Å². The van der Waals surface area contributed by atoms with Crippen molar-refractivity contribution in [3.05, 3.63) is 46.7 Å². The van der Waals surface area contributed by atoms with E-state index in [1.54, 1.807) is 19.2 Å². The van der Waals surface area contributed by atoms with E-state index in [1.807, 2.05) is 0 Å². The molecule has 0 unspecified atom stereocenters. The molecule has 2 aromatic rings. The first-order valence-electron chi connectivity index (χ1n) is 9.87. The van der Waals surface area contributed by atoms with Gasteiger partial charge in [0.1, 0.15) is 12.4 Å². The maximum Gasteiger partial charge on any atom is 0.254 e. The minimum absolute atomic E-state index is 0.109. The Labute approximate surface area is 179 Å². The predicted molar refractivity (Wildman–Crippen MR) is 115 cm³/mol. The van der Waals surface area contributed by atoms with Crippen molar-refractivity contribution in [3.8, 4) is 0 Å². The number of carbonyl (C=O) groups is 3. The van der Waals surface area contributed by atoms with Crippen LogP contribution in [0.25, 0.3) is 0 Å². The standard InChI is InChI=1S/C21H27FN4O3S/c1-4-5-10-23-18(27)11-17-13-30-21(24-17)25-19(28)12-26(14(2)3)20(29)15-6-8-16(22)9-7-15/h6-9,13-14H,4-5,10-12H2,1-3H3,(H,23,27)(H,24,25,28). The van der Waals surface area contributed by atoms with E-state index >= 15 is 0 Å². The lowest BCUT2D eigenvalue weighted by Gasteiger charge is -2.26. The van der Waals surface area contributed by atoms with Crippen LogP contribution in [0, 0.1) is 5.82 Å². The average molecular weight is 435 g/mol. The summed E-state index contributed by atoms with van der Waals surface area (Å²) in [4.78, 5) is 42.7. The SMILES string of the molecule is CCCCNC(=O)Cc1csc(NC(=O)CN(C(=O)c2ccc(F)cc2)C(C)C)n1. The molecule has 0 fully saturated rings. The maximum absolute atomic E-state index is 13.1. The largest absolute Gasteiger partial charge is 0.356 e. The highest BCUT2D eigenvalue weighted by atomic mass is 32.1. The molecule has 0 aliphatic rings. The van der Waals surface area contributed by atoms with E-state index in [1.165, 1.54) is 40.5 Å². The molecule has 162 valence electrons. The quantitative estimate of drug-likeness (QED) is 0.562. The Morgan fingerprint density at radius 1 is 1.17 bits per heavy atom. The molecular formula is C21H27FN4O3S. The smallest absolute Gasteiger partial charge is 0.254 e. The van der Waals surface area contributed by atoms with Crippen LogP contribution >= 0.6 is 11.3 Å². The average Bonchev–Trinajstić information content (AvgIpc) is 3.12. The molecule has 0 saturated heterocycles. The molecule has 0 atom stereocenters. The molecule has 0 radical (unpaired) electrons. The minimum atomic E-state index is -0.431. The van der Waals surface area contributed by atoms with E-state index in [0.717, 1.165) is 12.8 Å². The Bertz CT molecular complexity index is 867. The number of nitrogens with one attached hydrogen (secondary N) is 2. The third-order valence-electron chi connectivity index (χ3n) is 4.28. The molecular weight excluding hydrogens is 407 g/mol. The first-order chi connectivity index (χ1) is 14.3. The van der Waals surface area contributed by atoms with E-state index < -0.39 is 11.7 Å². The maximum atomic E-state index is 13.1. The van der Waals surface area contributed by atoms with E-state index in [-0.39, 0.29) is 30.8 Å². The molecule has 9 heteroatoms. The Hall–Kier alpha value is -2.81. The zero-order chi connectivity index (χ0) is 22.1. The fraction of sp³-hybridized carbons (Fsp3) is 0.429. The number of anilines is 1. The molecule has 2 rings (SSSR count). The van der Waals surface area contributed by atoms with Gasteiger partial charge in [0.2, 0.25) is 11.8 Å². The van der Waals surface area contributed by atoms with Gasteiger partial charge in [-0.05, 0) is 44.5 Å². The lowest BCUT2D eigenvalue weighted by Crippen LogP contribution is -2.42.